The number of nitrogens with zero attached hydrogens (tertiary/aromatic N) is 1. The predicted molar refractivity (Wildman–Crippen MR) is 33.4 cm³/mol. The molecule has 2 nitrogen and oxygen atoms in total. The van der Waals surface area contributed by atoms with E-state index in [2.05, 4.69) is 0 Å². The number of likely N-dealkylation sites (N-methyl/N-ethyl adjacent to an activating group) is 1. The zero-order valence-electron chi connectivity index (χ0n) is 5.22. The van der Waals surface area contributed by atoms with Crippen molar-refractivity contribution in [1.29, 1.82) is 0 Å². The van der Waals surface area contributed by atoms with E-state index in [0.717, 1.165) is 6.54 Å². The molecule has 0 saturated heterocycles. The van der Waals surface area contributed by atoms with E-state index < -0.39 is 0 Å². The second kappa shape index (κ2) is 4.53. The summed E-state index contributed by atoms with van der Waals surface area (Å²) in [5.74, 6) is 0. The van der Waals surface area contributed by atoms with Crippen LogP contribution in [0.15, 0.2) is 12.2 Å². The topological polar surface area (TPSA) is 20.3 Å². The molecule has 0 aliphatic heterocycles. The van der Waals surface area contributed by atoms with E-state index >= 15 is 0 Å². The van der Waals surface area contributed by atoms with Crippen LogP contribution in [0.2, 0.25) is 0 Å². The highest BCUT2D eigenvalue weighted by atomic mass is 16.1. The van der Waals surface area contributed by atoms with Crippen molar-refractivity contribution in [3.8, 4) is 0 Å². The molecule has 2 heteroatoms. The molecule has 0 bridgehead atoms. The minimum atomic E-state index is 0.801. The lowest BCUT2D eigenvalue weighted by atomic mass is 10.5. The van der Waals surface area contributed by atoms with Gasteiger partial charge in [0.25, 0.3) is 0 Å². The van der Waals surface area contributed by atoms with E-state index in [4.69, 9.17) is 0 Å². The van der Waals surface area contributed by atoms with E-state index in [-0.39, 0.29) is 0 Å². The SMILES string of the molecule is CN(C)CC=C[C]=O. The van der Waals surface area contributed by atoms with E-state index in [0.29, 0.717) is 0 Å². The van der Waals surface area contributed by atoms with Gasteiger partial charge in [-0.15, -0.1) is 0 Å². The number of hydrogen-bond acceptors (Lipinski definition) is 2. The highest BCUT2D eigenvalue weighted by molar-refractivity contribution is 5.65. The van der Waals surface area contributed by atoms with Crippen LogP contribution < -0.4 is 0 Å². The second-order valence-electron chi connectivity index (χ2n) is 1.78. The number of hydrogen-bond donors (Lipinski definition) is 0. The molecule has 0 aromatic heterocycles. The molecule has 1 radical (unpaired) electrons. The minimum absolute atomic E-state index is 0.801. The largest absolute Gasteiger partial charge is 0.306 e. The standard InChI is InChI=1S/C6H10NO/c1-7(2)5-3-4-6-8/h3-4H,5H2,1-2H3. The molecule has 0 fully saturated rings. The smallest absolute Gasteiger partial charge is 0.225 e. The van der Waals surface area contributed by atoms with Crippen molar-refractivity contribution < 1.29 is 4.79 Å². The average molecular weight is 112 g/mol. The fourth-order valence-electron chi connectivity index (χ4n) is 0.312. The van der Waals surface area contributed by atoms with Crippen molar-refractivity contribution in [2.75, 3.05) is 20.6 Å². The van der Waals surface area contributed by atoms with Crippen LogP contribution in [0.1, 0.15) is 0 Å². The van der Waals surface area contributed by atoms with Crippen molar-refractivity contribution in [3.05, 3.63) is 12.2 Å². The lowest BCUT2D eigenvalue weighted by molar-refractivity contribution is 0.456. The fraction of sp³-hybridized carbons (Fsp3) is 0.500. The van der Waals surface area contributed by atoms with Crippen LogP contribution in [0.5, 0.6) is 0 Å². The third-order valence-electron chi connectivity index (χ3n) is 0.656. The molecule has 0 aromatic carbocycles. The third kappa shape index (κ3) is 5.37. The first-order valence-corrected chi connectivity index (χ1v) is 2.45. The molecule has 0 aromatic rings. The zero-order chi connectivity index (χ0) is 6.41. The van der Waals surface area contributed by atoms with E-state index in [1.807, 2.05) is 19.0 Å². The van der Waals surface area contributed by atoms with Crippen molar-refractivity contribution in [3.63, 3.8) is 0 Å². The first-order chi connectivity index (χ1) is 3.77. The zero-order valence-corrected chi connectivity index (χ0v) is 5.22. The Kier molecular flexibility index (Phi) is 4.17. The van der Waals surface area contributed by atoms with Gasteiger partial charge in [0.1, 0.15) is 0 Å². The van der Waals surface area contributed by atoms with Gasteiger partial charge in [0, 0.05) is 6.54 Å². The summed E-state index contributed by atoms with van der Waals surface area (Å²) < 4.78 is 0. The summed E-state index contributed by atoms with van der Waals surface area (Å²) in [5, 5.41) is 0. The maximum atomic E-state index is 9.56. The minimum Gasteiger partial charge on any atom is -0.306 e. The average Bonchev–Trinajstić information content (AvgIpc) is 1.66. The van der Waals surface area contributed by atoms with Crippen LogP contribution in [0.25, 0.3) is 0 Å². The van der Waals surface area contributed by atoms with E-state index in [1.165, 1.54) is 6.08 Å². The summed E-state index contributed by atoms with van der Waals surface area (Å²) in [6.45, 7) is 0.801. The first-order valence-electron chi connectivity index (χ1n) is 2.45. The van der Waals surface area contributed by atoms with Gasteiger partial charge in [0.2, 0.25) is 6.29 Å². The Labute approximate surface area is 49.8 Å². The first kappa shape index (κ1) is 7.37. The normalized spacial score (nSPS) is 10.9. The molecule has 0 spiro atoms. The molecule has 0 rings (SSSR count). The Bertz CT molecular complexity index is 86.5. The predicted octanol–water partition coefficient (Wildman–Crippen LogP) is 0.214. The summed E-state index contributed by atoms with van der Waals surface area (Å²) in [6.07, 6.45) is 4.80. The lowest BCUT2D eigenvalue weighted by Gasteiger charge is -2.01. The van der Waals surface area contributed by atoms with Crippen LogP contribution in [0, 0.1) is 0 Å². The Hall–Kier alpha value is -0.630. The molecule has 0 unspecified atom stereocenters. The Morgan fingerprint density at radius 2 is 2.25 bits per heavy atom. The number of rotatable bonds is 3. The molecule has 0 saturated carbocycles. The summed E-state index contributed by atoms with van der Waals surface area (Å²) in [5.41, 5.74) is 0. The van der Waals surface area contributed by atoms with Crippen LogP contribution in [0.3, 0.4) is 0 Å². The molecule has 0 heterocycles. The highest BCUT2D eigenvalue weighted by Gasteiger charge is 1.78. The van der Waals surface area contributed by atoms with Crippen LogP contribution in [0.4, 0.5) is 0 Å². The van der Waals surface area contributed by atoms with Crippen LogP contribution >= 0.6 is 0 Å². The Morgan fingerprint density at radius 3 is 2.62 bits per heavy atom. The van der Waals surface area contributed by atoms with Gasteiger partial charge >= 0.3 is 0 Å². The van der Waals surface area contributed by atoms with Gasteiger partial charge in [-0.05, 0) is 20.2 Å². The molecule has 45 valence electrons. The van der Waals surface area contributed by atoms with E-state index in [9.17, 15) is 4.79 Å². The van der Waals surface area contributed by atoms with Gasteiger partial charge in [0.05, 0.1) is 0 Å². The van der Waals surface area contributed by atoms with Gasteiger partial charge in [-0.3, -0.25) is 4.79 Å². The van der Waals surface area contributed by atoms with Gasteiger partial charge < -0.3 is 4.90 Å². The monoisotopic (exact) mass is 112 g/mol. The number of carbonyl (C=O) groups excluding carboxylic acids is 1. The summed E-state index contributed by atoms with van der Waals surface area (Å²) >= 11 is 0. The fourth-order valence-corrected chi connectivity index (χ4v) is 0.312. The third-order valence-corrected chi connectivity index (χ3v) is 0.656. The van der Waals surface area contributed by atoms with Crippen molar-refractivity contribution in [1.82, 2.24) is 4.90 Å². The van der Waals surface area contributed by atoms with Gasteiger partial charge in [0.15, 0.2) is 0 Å². The summed E-state index contributed by atoms with van der Waals surface area (Å²) in [7, 11) is 3.88. The van der Waals surface area contributed by atoms with E-state index in [1.54, 1.807) is 12.4 Å². The molecule has 0 aliphatic carbocycles. The Balaban J connectivity index is 3.15. The van der Waals surface area contributed by atoms with Gasteiger partial charge in [-0.2, -0.15) is 0 Å². The van der Waals surface area contributed by atoms with Crippen molar-refractivity contribution >= 4 is 6.29 Å². The van der Waals surface area contributed by atoms with Crippen LogP contribution in [-0.4, -0.2) is 31.8 Å². The Morgan fingerprint density at radius 1 is 1.62 bits per heavy atom. The highest BCUT2D eigenvalue weighted by Crippen LogP contribution is 1.73. The molecular weight excluding hydrogens is 102 g/mol. The molecule has 0 aliphatic rings. The maximum absolute atomic E-state index is 9.56. The van der Waals surface area contributed by atoms with Gasteiger partial charge in [-0.25, -0.2) is 0 Å². The molecule has 0 atom stereocenters. The summed E-state index contributed by atoms with van der Waals surface area (Å²) in [6, 6.07) is 0. The lowest BCUT2D eigenvalue weighted by Crippen LogP contribution is -2.10. The quantitative estimate of drug-likeness (QED) is 0.486. The maximum Gasteiger partial charge on any atom is 0.225 e. The molecule has 8 heavy (non-hydrogen) atoms. The molecular formula is C6H10NO. The van der Waals surface area contributed by atoms with Crippen molar-refractivity contribution in [2.45, 2.75) is 0 Å². The number of allylic oxidation sites excluding steroid dienone is 1. The van der Waals surface area contributed by atoms with Crippen LogP contribution in [-0.2, 0) is 4.79 Å². The molecule has 0 amide bonds. The summed E-state index contributed by atoms with van der Waals surface area (Å²) in [4.78, 5) is 11.5. The van der Waals surface area contributed by atoms with Gasteiger partial charge in [-0.1, -0.05) is 6.08 Å². The second-order valence-corrected chi connectivity index (χ2v) is 1.78. The molecule has 0 N–H and O–H groups in total. The van der Waals surface area contributed by atoms with Crippen molar-refractivity contribution in [2.24, 2.45) is 0 Å².